The molecule has 0 aromatic heterocycles. The van der Waals surface area contributed by atoms with Crippen LogP contribution in [-0.2, 0) is 16.0 Å². The van der Waals surface area contributed by atoms with Gasteiger partial charge in [0.25, 0.3) is 0 Å². The molecule has 2 atom stereocenters. The first-order valence-electron chi connectivity index (χ1n) is 9.39. The highest BCUT2D eigenvalue weighted by atomic mass is 19.2. The Hall–Kier alpha value is -1.98. The van der Waals surface area contributed by atoms with Crippen LogP contribution in [0.2, 0.25) is 0 Å². The molecule has 0 spiro atoms. The molecule has 1 saturated carbocycles. The largest absolute Gasteiger partial charge is 0.481 e. The van der Waals surface area contributed by atoms with Crippen LogP contribution < -0.4 is 0 Å². The standard InChI is InChI=1S/C20H25F2NO3/c21-17-5-4-14(11-18(17)22)10-13-6-8-23(9-7-13)19(24)15-2-1-3-16(12-15)20(25)26/h4-5,11,13,15-16H,1-3,6-10,12H2,(H,25,26). The molecule has 2 unspecified atom stereocenters. The summed E-state index contributed by atoms with van der Waals surface area (Å²) in [5.41, 5.74) is 0.783. The quantitative estimate of drug-likeness (QED) is 0.886. The summed E-state index contributed by atoms with van der Waals surface area (Å²) in [5, 5.41) is 9.18. The number of benzene rings is 1. The number of halogens is 2. The van der Waals surface area contributed by atoms with Gasteiger partial charge in [-0.05, 0) is 62.1 Å². The molecule has 142 valence electrons. The van der Waals surface area contributed by atoms with Gasteiger partial charge in [0.1, 0.15) is 0 Å². The number of nitrogens with zero attached hydrogens (tertiary/aromatic N) is 1. The van der Waals surface area contributed by atoms with Gasteiger partial charge in [0.15, 0.2) is 11.6 Å². The Kier molecular flexibility index (Phi) is 5.89. The Morgan fingerprint density at radius 1 is 1.04 bits per heavy atom. The molecule has 1 aromatic rings. The SMILES string of the molecule is O=C(O)C1CCCC(C(=O)N2CCC(Cc3ccc(F)c(F)c3)CC2)C1. The minimum absolute atomic E-state index is 0.0854. The highest BCUT2D eigenvalue weighted by molar-refractivity contribution is 5.80. The number of aliphatic carboxylic acids is 1. The summed E-state index contributed by atoms with van der Waals surface area (Å²) in [6.07, 6.45) is 5.03. The topological polar surface area (TPSA) is 57.6 Å². The van der Waals surface area contributed by atoms with Gasteiger partial charge in [-0.1, -0.05) is 12.5 Å². The van der Waals surface area contributed by atoms with Crippen molar-refractivity contribution in [3.8, 4) is 0 Å². The first-order chi connectivity index (χ1) is 12.4. The molecule has 1 aliphatic carbocycles. The maximum atomic E-state index is 13.3. The lowest BCUT2D eigenvalue weighted by molar-refractivity contribution is -0.145. The molecule has 6 heteroatoms. The van der Waals surface area contributed by atoms with Crippen molar-refractivity contribution in [3.63, 3.8) is 0 Å². The van der Waals surface area contributed by atoms with Crippen LogP contribution in [0.4, 0.5) is 8.78 Å². The van der Waals surface area contributed by atoms with Crippen LogP contribution in [0, 0.1) is 29.4 Å². The summed E-state index contributed by atoms with van der Waals surface area (Å²) >= 11 is 0. The number of carbonyl (C=O) groups is 2. The van der Waals surface area contributed by atoms with E-state index >= 15 is 0 Å². The third-order valence-corrected chi connectivity index (χ3v) is 5.81. The molecule has 4 nitrogen and oxygen atoms in total. The van der Waals surface area contributed by atoms with E-state index in [1.165, 1.54) is 6.07 Å². The van der Waals surface area contributed by atoms with Crippen molar-refractivity contribution in [1.29, 1.82) is 0 Å². The molecule has 1 aromatic carbocycles. The number of carboxylic acid groups (broad SMARTS) is 1. The van der Waals surface area contributed by atoms with E-state index in [1.807, 2.05) is 4.90 Å². The molecule has 1 amide bonds. The van der Waals surface area contributed by atoms with E-state index in [4.69, 9.17) is 0 Å². The van der Waals surface area contributed by atoms with Gasteiger partial charge < -0.3 is 10.0 Å². The fraction of sp³-hybridized carbons (Fsp3) is 0.600. The van der Waals surface area contributed by atoms with Crippen molar-refractivity contribution in [2.75, 3.05) is 13.1 Å². The van der Waals surface area contributed by atoms with E-state index in [0.29, 0.717) is 38.3 Å². The summed E-state index contributed by atoms with van der Waals surface area (Å²) in [6, 6.07) is 4.02. The predicted octanol–water partition coefficient (Wildman–Crippen LogP) is 3.64. The molecule has 1 saturated heterocycles. The predicted molar refractivity (Wildman–Crippen MR) is 92.4 cm³/mol. The summed E-state index contributed by atoms with van der Waals surface area (Å²) < 4.78 is 26.3. The van der Waals surface area contributed by atoms with Crippen molar-refractivity contribution in [2.24, 2.45) is 17.8 Å². The highest BCUT2D eigenvalue weighted by Crippen LogP contribution is 2.32. The Labute approximate surface area is 152 Å². The van der Waals surface area contributed by atoms with Gasteiger partial charge in [0.05, 0.1) is 5.92 Å². The number of amides is 1. The number of hydrogen-bond donors (Lipinski definition) is 1. The molecular weight excluding hydrogens is 340 g/mol. The van der Waals surface area contributed by atoms with Crippen molar-refractivity contribution in [1.82, 2.24) is 4.90 Å². The number of likely N-dealkylation sites (tertiary alicyclic amines) is 1. The van der Waals surface area contributed by atoms with E-state index in [1.54, 1.807) is 6.07 Å². The van der Waals surface area contributed by atoms with Crippen LogP contribution >= 0.6 is 0 Å². The number of hydrogen-bond acceptors (Lipinski definition) is 2. The Balaban J connectivity index is 1.50. The molecule has 1 heterocycles. The first-order valence-corrected chi connectivity index (χ1v) is 9.39. The zero-order chi connectivity index (χ0) is 18.7. The normalized spacial score (nSPS) is 24.5. The van der Waals surface area contributed by atoms with Crippen molar-refractivity contribution >= 4 is 11.9 Å². The van der Waals surface area contributed by atoms with Crippen LogP contribution in [0.3, 0.4) is 0 Å². The Morgan fingerprint density at radius 3 is 2.38 bits per heavy atom. The van der Waals surface area contributed by atoms with E-state index in [-0.39, 0.29) is 11.8 Å². The Morgan fingerprint density at radius 2 is 1.73 bits per heavy atom. The van der Waals surface area contributed by atoms with Crippen LogP contribution in [0.15, 0.2) is 18.2 Å². The van der Waals surface area contributed by atoms with Gasteiger partial charge in [-0.2, -0.15) is 0 Å². The number of carboxylic acids is 1. The highest BCUT2D eigenvalue weighted by Gasteiger charge is 2.34. The fourth-order valence-electron chi connectivity index (χ4n) is 4.25. The minimum Gasteiger partial charge on any atom is -0.481 e. The Bertz CT molecular complexity index is 671. The smallest absolute Gasteiger partial charge is 0.306 e. The van der Waals surface area contributed by atoms with E-state index in [2.05, 4.69) is 0 Å². The van der Waals surface area contributed by atoms with Crippen molar-refractivity contribution in [2.45, 2.75) is 44.9 Å². The summed E-state index contributed by atoms with van der Waals surface area (Å²) in [5.74, 6) is -2.59. The first kappa shape index (κ1) is 18.8. The molecule has 0 bridgehead atoms. The molecule has 2 fully saturated rings. The second-order valence-electron chi connectivity index (χ2n) is 7.62. The molecule has 1 N–H and O–H groups in total. The maximum Gasteiger partial charge on any atom is 0.306 e. The van der Waals surface area contributed by atoms with Gasteiger partial charge in [-0.25, -0.2) is 8.78 Å². The lowest BCUT2D eigenvalue weighted by atomic mass is 9.80. The van der Waals surface area contributed by atoms with Crippen LogP contribution in [-0.4, -0.2) is 35.0 Å². The van der Waals surface area contributed by atoms with Gasteiger partial charge >= 0.3 is 5.97 Å². The van der Waals surface area contributed by atoms with Crippen molar-refractivity contribution < 1.29 is 23.5 Å². The lowest BCUT2D eigenvalue weighted by Gasteiger charge is -2.36. The molecular formula is C20H25F2NO3. The van der Waals surface area contributed by atoms with Crippen LogP contribution in [0.25, 0.3) is 0 Å². The zero-order valence-electron chi connectivity index (χ0n) is 14.8. The zero-order valence-corrected chi connectivity index (χ0v) is 14.8. The lowest BCUT2D eigenvalue weighted by Crippen LogP contribution is -2.43. The van der Waals surface area contributed by atoms with Gasteiger partial charge in [-0.3, -0.25) is 9.59 Å². The molecule has 26 heavy (non-hydrogen) atoms. The second kappa shape index (κ2) is 8.14. The summed E-state index contributed by atoms with van der Waals surface area (Å²) in [4.78, 5) is 25.8. The number of rotatable bonds is 4. The summed E-state index contributed by atoms with van der Waals surface area (Å²) in [6.45, 7) is 1.31. The molecule has 2 aliphatic rings. The van der Waals surface area contributed by atoms with E-state index in [9.17, 15) is 23.5 Å². The van der Waals surface area contributed by atoms with Crippen LogP contribution in [0.1, 0.15) is 44.1 Å². The van der Waals surface area contributed by atoms with E-state index in [0.717, 1.165) is 37.3 Å². The minimum atomic E-state index is -0.832. The number of piperidine rings is 1. The molecule has 1 aliphatic heterocycles. The van der Waals surface area contributed by atoms with Gasteiger partial charge in [0, 0.05) is 19.0 Å². The maximum absolute atomic E-state index is 13.3. The van der Waals surface area contributed by atoms with Gasteiger partial charge in [0.2, 0.25) is 5.91 Å². The second-order valence-corrected chi connectivity index (χ2v) is 7.62. The van der Waals surface area contributed by atoms with E-state index < -0.39 is 23.5 Å². The monoisotopic (exact) mass is 365 g/mol. The third kappa shape index (κ3) is 4.40. The fourth-order valence-corrected chi connectivity index (χ4v) is 4.25. The molecule has 0 radical (unpaired) electrons. The average molecular weight is 365 g/mol. The third-order valence-electron chi connectivity index (χ3n) is 5.81. The summed E-state index contributed by atoms with van der Waals surface area (Å²) in [7, 11) is 0. The van der Waals surface area contributed by atoms with Crippen molar-refractivity contribution in [3.05, 3.63) is 35.4 Å². The van der Waals surface area contributed by atoms with Gasteiger partial charge in [-0.15, -0.1) is 0 Å². The number of carbonyl (C=O) groups excluding carboxylic acids is 1. The molecule has 3 rings (SSSR count). The van der Waals surface area contributed by atoms with Crippen LogP contribution in [0.5, 0.6) is 0 Å². The average Bonchev–Trinajstić information content (AvgIpc) is 2.65.